The van der Waals surface area contributed by atoms with Crippen LogP contribution < -0.4 is 10.5 Å². The number of benzene rings is 1. The minimum Gasteiger partial charge on any atom is -0.733 e. The topological polar surface area (TPSA) is 106 Å². The standard InChI is InChI=1S/C13H8I2N5O3/c14-7-1-3-10-9(5-7)12(19-18-10)13(21)17-11-4-2-8(6-16-11)20(22)23-15/h1-6H,(H,18,19)(H,16,17,21)/q-1. The number of hydrogen-bond acceptors (Lipinski definition) is 6. The molecular weight excluding hydrogens is 528 g/mol. The van der Waals surface area contributed by atoms with Gasteiger partial charge in [0.2, 0.25) is 0 Å². The van der Waals surface area contributed by atoms with E-state index in [2.05, 4.69) is 46.3 Å². The van der Waals surface area contributed by atoms with Crippen molar-refractivity contribution in [3.63, 3.8) is 0 Å². The van der Waals surface area contributed by atoms with Gasteiger partial charge in [-0.15, -0.1) is 0 Å². The van der Waals surface area contributed by atoms with Crippen LogP contribution in [0.4, 0.5) is 11.5 Å². The van der Waals surface area contributed by atoms with Gasteiger partial charge < -0.3 is 15.8 Å². The summed E-state index contributed by atoms with van der Waals surface area (Å²) in [5.41, 5.74) is 1.28. The van der Waals surface area contributed by atoms with Gasteiger partial charge in [0.05, 0.1) is 17.4 Å². The van der Waals surface area contributed by atoms with Crippen LogP contribution in [0.15, 0.2) is 36.5 Å². The first-order valence-corrected chi connectivity index (χ1v) is 8.21. The van der Waals surface area contributed by atoms with Gasteiger partial charge in [-0.3, -0.25) is 9.89 Å². The summed E-state index contributed by atoms with van der Waals surface area (Å²) >= 11 is 3.64. The number of anilines is 2. The molecule has 0 bridgehead atoms. The molecule has 0 fully saturated rings. The number of nitrogens with zero attached hydrogens (tertiary/aromatic N) is 3. The average molecular weight is 536 g/mol. The van der Waals surface area contributed by atoms with Crippen molar-refractivity contribution in [1.82, 2.24) is 15.2 Å². The number of H-pyrrole nitrogens is 1. The zero-order chi connectivity index (χ0) is 16.4. The lowest BCUT2D eigenvalue weighted by Gasteiger charge is -2.24. The number of aromatic nitrogens is 3. The number of carbonyl (C=O) groups excluding carboxylic acids is 1. The van der Waals surface area contributed by atoms with Crippen LogP contribution >= 0.6 is 45.6 Å². The molecule has 0 aliphatic rings. The third kappa shape index (κ3) is 3.54. The third-order valence-corrected chi connectivity index (χ3v) is 4.03. The molecule has 3 aromatic rings. The van der Waals surface area contributed by atoms with Gasteiger partial charge in [0.15, 0.2) is 5.69 Å². The molecule has 1 aromatic carbocycles. The van der Waals surface area contributed by atoms with E-state index in [4.69, 9.17) is 0 Å². The number of amides is 1. The van der Waals surface area contributed by atoms with E-state index in [9.17, 15) is 10.0 Å². The molecule has 3 rings (SSSR count). The number of aromatic amines is 1. The fourth-order valence-corrected chi connectivity index (χ4v) is 2.66. The summed E-state index contributed by atoms with van der Waals surface area (Å²) < 4.78 is 5.48. The molecule has 0 atom stereocenters. The summed E-state index contributed by atoms with van der Waals surface area (Å²) in [5.74, 6) is -0.0787. The zero-order valence-corrected chi connectivity index (χ0v) is 15.6. The Bertz CT molecular complexity index is 852. The molecule has 0 unspecified atom stereocenters. The smallest absolute Gasteiger partial charge is 0.277 e. The maximum Gasteiger partial charge on any atom is 0.277 e. The van der Waals surface area contributed by atoms with Crippen LogP contribution in [0.3, 0.4) is 0 Å². The SMILES string of the molecule is O=C(Nc1ccc(N([O-])OI)cn1)c1n[nH]c2ccc(I)cc12. The van der Waals surface area contributed by atoms with Crippen molar-refractivity contribution < 1.29 is 7.96 Å². The summed E-state index contributed by atoms with van der Waals surface area (Å²) in [6, 6.07) is 8.65. The number of nitrogens with one attached hydrogen (secondary N) is 2. The molecule has 2 aromatic heterocycles. The van der Waals surface area contributed by atoms with E-state index in [0.717, 1.165) is 14.5 Å². The number of halogens is 2. The Balaban J connectivity index is 1.82. The van der Waals surface area contributed by atoms with Crippen molar-refractivity contribution >= 4 is 73.9 Å². The van der Waals surface area contributed by atoms with E-state index in [-0.39, 0.29) is 17.3 Å². The summed E-state index contributed by atoms with van der Waals surface area (Å²) in [6.45, 7) is 0. The van der Waals surface area contributed by atoms with Crippen LogP contribution in [0.1, 0.15) is 10.5 Å². The first-order valence-electron chi connectivity index (χ1n) is 6.25. The third-order valence-electron chi connectivity index (χ3n) is 3.00. The van der Waals surface area contributed by atoms with Crippen molar-refractivity contribution in [3.05, 3.63) is 51.0 Å². The Labute approximate surface area is 158 Å². The Morgan fingerprint density at radius 2 is 2.17 bits per heavy atom. The fraction of sp³-hybridized carbons (Fsp3) is 0. The summed E-state index contributed by atoms with van der Waals surface area (Å²) in [7, 11) is 0. The second-order valence-corrected chi connectivity index (χ2v) is 6.08. The van der Waals surface area contributed by atoms with Gasteiger partial charge in [-0.2, -0.15) is 5.10 Å². The van der Waals surface area contributed by atoms with Gasteiger partial charge in [0, 0.05) is 8.96 Å². The van der Waals surface area contributed by atoms with Crippen LogP contribution in [0, 0.1) is 8.78 Å². The molecule has 2 heterocycles. The van der Waals surface area contributed by atoms with Gasteiger partial charge in [0.25, 0.3) is 5.91 Å². The van der Waals surface area contributed by atoms with E-state index in [1.165, 1.54) is 41.3 Å². The Kier molecular flexibility index (Phi) is 4.93. The second-order valence-electron chi connectivity index (χ2n) is 4.44. The molecule has 0 spiro atoms. The highest BCUT2D eigenvalue weighted by Gasteiger charge is 2.15. The van der Waals surface area contributed by atoms with E-state index < -0.39 is 0 Å². The Morgan fingerprint density at radius 3 is 2.87 bits per heavy atom. The fourth-order valence-electron chi connectivity index (χ4n) is 1.94. The van der Waals surface area contributed by atoms with E-state index in [1.807, 2.05) is 18.2 Å². The largest absolute Gasteiger partial charge is 0.733 e. The van der Waals surface area contributed by atoms with Crippen molar-refractivity contribution in [2.45, 2.75) is 0 Å². The molecule has 8 nitrogen and oxygen atoms in total. The van der Waals surface area contributed by atoms with Gasteiger partial charge in [-0.05, 0) is 52.9 Å². The average Bonchev–Trinajstić information content (AvgIpc) is 2.98. The van der Waals surface area contributed by atoms with Crippen LogP contribution in [-0.2, 0) is 3.17 Å². The highest BCUT2D eigenvalue weighted by Crippen LogP contribution is 2.20. The van der Waals surface area contributed by atoms with Gasteiger partial charge in [-0.1, -0.05) is 0 Å². The maximum atomic E-state index is 12.3. The summed E-state index contributed by atoms with van der Waals surface area (Å²) in [4.78, 5) is 16.3. The molecule has 0 saturated heterocycles. The van der Waals surface area contributed by atoms with Crippen LogP contribution in [0.5, 0.6) is 0 Å². The second kappa shape index (κ2) is 6.94. The molecule has 10 heteroatoms. The summed E-state index contributed by atoms with van der Waals surface area (Å²) in [6.07, 6.45) is 1.30. The van der Waals surface area contributed by atoms with Crippen LogP contribution in [0.25, 0.3) is 10.9 Å². The molecular formula is C13H8I2N5O3-. The monoisotopic (exact) mass is 536 g/mol. The number of fused-ring (bicyclic) bond motifs is 1. The first kappa shape index (κ1) is 16.4. The molecule has 0 saturated carbocycles. The molecule has 118 valence electrons. The Hall–Kier alpha value is -1.51. The lowest BCUT2D eigenvalue weighted by atomic mass is 10.2. The number of rotatable bonds is 4. The van der Waals surface area contributed by atoms with Gasteiger partial charge in [0.1, 0.15) is 28.8 Å². The van der Waals surface area contributed by atoms with E-state index in [1.54, 1.807) is 0 Å². The molecule has 2 N–H and O–H groups in total. The maximum absolute atomic E-state index is 12.3. The predicted molar refractivity (Wildman–Crippen MR) is 102 cm³/mol. The van der Waals surface area contributed by atoms with E-state index >= 15 is 0 Å². The molecule has 23 heavy (non-hydrogen) atoms. The molecule has 1 amide bonds. The van der Waals surface area contributed by atoms with E-state index in [0.29, 0.717) is 11.0 Å². The minimum absolute atomic E-state index is 0.220. The first-order chi connectivity index (χ1) is 11.1. The Morgan fingerprint density at radius 1 is 1.35 bits per heavy atom. The quantitative estimate of drug-likeness (QED) is 0.392. The summed E-state index contributed by atoms with van der Waals surface area (Å²) in [5, 5.41) is 21.8. The van der Waals surface area contributed by atoms with Crippen molar-refractivity contribution in [1.29, 1.82) is 0 Å². The predicted octanol–water partition coefficient (Wildman–Crippen LogP) is 3.40. The van der Waals surface area contributed by atoms with Gasteiger partial charge >= 0.3 is 0 Å². The van der Waals surface area contributed by atoms with Crippen LogP contribution in [0.2, 0.25) is 0 Å². The molecule has 0 aliphatic heterocycles. The van der Waals surface area contributed by atoms with Crippen LogP contribution in [-0.4, -0.2) is 21.1 Å². The number of carbonyl (C=O) groups is 1. The number of hydrogen-bond donors (Lipinski definition) is 2. The highest BCUT2D eigenvalue weighted by molar-refractivity contribution is 14.1. The lowest BCUT2D eigenvalue weighted by molar-refractivity contribution is 0.102. The number of pyridine rings is 1. The van der Waals surface area contributed by atoms with Crippen molar-refractivity contribution in [2.75, 3.05) is 10.5 Å². The van der Waals surface area contributed by atoms with Crippen molar-refractivity contribution in [3.8, 4) is 0 Å². The molecule has 0 aliphatic carbocycles. The van der Waals surface area contributed by atoms with Gasteiger partial charge in [-0.25, -0.2) is 8.15 Å². The molecule has 0 radical (unpaired) electrons. The lowest BCUT2D eigenvalue weighted by Crippen LogP contribution is -2.14. The minimum atomic E-state index is -0.386. The normalized spacial score (nSPS) is 10.7. The van der Waals surface area contributed by atoms with Crippen molar-refractivity contribution in [2.24, 2.45) is 0 Å². The zero-order valence-electron chi connectivity index (χ0n) is 11.3. The highest BCUT2D eigenvalue weighted by atomic mass is 127.